The molecule has 0 bridgehead atoms. The third-order valence-electron chi connectivity index (χ3n) is 3.84. The van der Waals surface area contributed by atoms with Crippen LogP contribution in [0.3, 0.4) is 0 Å². The van der Waals surface area contributed by atoms with Crippen LogP contribution in [0.15, 0.2) is 34.2 Å². The van der Waals surface area contributed by atoms with Crippen molar-refractivity contribution in [3.05, 3.63) is 41.2 Å². The van der Waals surface area contributed by atoms with E-state index in [-0.39, 0.29) is 12.0 Å². The highest BCUT2D eigenvalue weighted by Gasteiger charge is 2.23. The molecule has 1 amide bonds. The number of amides is 1. The molecule has 0 aliphatic carbocycles. The van der Waals surface area contributed by atoms with Crippen molar-refractivity contribution < 1.29 is 9.53 Å². The number of aryl methyl sites for hydroxylation is 1. The highest BCUT2D eigenvalue weighted by Crippen LogP contribution is 2.23. The summed E-state index contributed by atoms with van der Waals surface area (Å²) in [5.74, 6) is 0.533. The first-order valence-corrected chi connectivity index (χ1v) is 9.90. The van der Waals surface area contributed by atoms with E-state index in [0.717, 1.165) is 35.0 Å². The molecule has 24 heavy (non-hydrogen) atoms. The van der Waals surface area contributed by atoms with Crippen molar-refractivity contribution in [3.8, 4) is 0 Å². The predicted octanol–water partition coefficient (Wildman–Crippen LogP) is 3.15. The fourth-order valence-corrected chi connectivity index (χ4v) is 4.36. The van der Waals surface area contributed by atoms with Crippen LogP contribution in [-0.4, -0.2) is 45.8 Å². The zero-order valence-electron chi connectivity index (χ0n) is 13.7. The average molecular weight is 364 g/mol. The van der Waals surface area contributed by atoms with Crippen LogP contribution in [0.4, 0.5) is 0 Å². The van der Waals surface area contributed by atoms with Crippen molar-refractivity contribution in [2.75, 3.05) is 18.9 Å². The van der Waals surface area contributed by atoms with Gasteiger partial charge >= 0.3 is 0 Å². The number of carbonyl (C=O) groups is 1. The standard InChI is InChI=1S/C17H21N3O2S2/c1-13-11-23-17(19-13)24-12-16(21)20(10-15-3-2-8-22-15)9-14-4-6-18-7-5-14/h4-7,11,15H,2-3,8-10,12H2,1H3/t15-/m0/s1. The molecule has 3 heterocycles. The maximum Gasteiger partial charge on any atom is 0.233 e. The lowest BCUT2D eigenvalue weighted by molar-refractivity contribution is -0.130. The summed E-state index contributed by atoms with van der Waals surface area (Å²) in [6.45, 7) is 4.02. The molecule has 0 unspecified atom stereocenters. The van der Waals surface area contributed by atoms with Gasteiger partial charge in [-0.1, -0.05) is 11.8 Å². The van der Waals surface area contributed by atoms with Crippen LogP contribution >= 0.6 is 23.1 Å². The van der Waals surface area contributed by atoms with Gasteiger partial charge in [-0.2, -0.15) is 0 Å². The maximum atomic E-state index is 12.7. The normalized spacial score (nSPS) is 17.1. The number of aromatic nitrogens is 2. The monoisotopic (exact) mass is 363 g/mol. The van der Waals surface area contributed by atoms with Gasteiger partial charge in [-0.25, -0.2) is 4.98 Å². The zero-order chi connectivity index (χ0) is 16.8. The number of carbonyl (C=O) groups excluding carboxylic acids is 1. The van der Waals surface area contributed by atoms with Crippen molar-refractivity contribution in [1.82, 2.24) is 14.9 Å². The summed E-state index contributed by atoms with van der Waals surface area (Å²) < 4.78 is 6.66. The summed E-state index contributed by atoms with van der Waals surface area (Å²) in [7, 11) is 0. The van der Waals surface area contributed by atoms with E-state index in [1.807, 2.05) is 29.3 Å². The Kier molecular flexibility index (Phi) is 6.23. The summed E-state index contributed by atoms with van der Waals surface area (Å²) in [6.07, 6.45) is 5.78. The van der Waals surface area contributed by atoms with Crippen LogP contribution in [0.5, 0.6) is 0 Å². The van der Waals surface area contributed by atoms with E-state index in [2.05, 4.69) is 9.97 Å². The molecule has 2 aromatic rings. The Morgan fingerprint density at radius 1 is 1.46 bits per heavy atom. The molecule has 128 valence electrons. The molecule has 7 heteroatoms. The van der Waals surface area contributed by atoms with Gasteiger partial charge in [-0.3, -0.25) is 9.78 Å². The Morgan fingerprint density at radius 3 is 2.96 bits per heavy atom. The van der Waals surface area contributed by atoms with Gasteiger partial charge in [0.1, 0.15) is 0 Å². The van der Waals surface area contributed by atoms with Gasteiger partial charge in [-0.15, -0.1) is 11.3 Å². The van der Waals surface area contributed by atoms with Crippen molar-refractivity contribution >= 4 is 29.0 Å². The fourth-order valence-electron chi connectivity index (χ4n) is 2.61. The van der Waals surface area contributed by atoms with E-state index in [1.54, 1.807) is 23.7 Å². The highest BCUT2D eigenvalue weighted by atomic mass is 32.2. The molecule has 0 spiro atoms. The first-order valence-electron chi connectivity index (χ1n) is 8.04. The molecular formula is C17H21N3O2S2. The van der Waals surface area contributed by atoms with E-state index in [4.69, 9.17) is 4.74 Å². The third-order valence-corrected chi connectivity index (χ3v) is 5.96. The molecular weight excluding hydrogens is 342 g/mol. The second-order valence-corrected chi connectivity index (χ2v) is 7.89. The van der Waals surface area contributed by atoms with Gasteiger partial charge in [0.2, 0.25) is 5.91 Å². The second kappa shape index (κ2) is 8.60. The number of thiazole rings is 1. The number of pyridine rings is 1. The SMILES string of the molecule is Cc1csc(SCC(=O)N(Cc2ccncc2)C[C@@H]2CCCO2)n1. The molecule has 1 atom stereocenters. The lowest BCUT2D eigenvalue weighted by Crippen LogP contribution is -2.38. The first kappa shape index (κ1) is 17.4. The minimum Gasteiger partial charge on any atom is -0.376 e. The van der Waals surface area contributed by atoms with Gasteiger partial charge in [0.25, 0.3) is 0 Å². The van der Waals surface area contributed by atoms with Gasteiger partial charge in [0.05, 0.1) is 11.9 Å². The van der Waals surface area contributed by atoms with E-state index in [0.29, 0.717) is 18.8 Å². The fraction of sp³-hybridized carbons (Fsp3) is 0.471. The minimum absolute atomic E-state index is 0.125. The summed E-state index contributed by atoms with van der Waals surface area (Å²) >= 11 is 3.10. The van der Waals surface area contributed by atoms with Crippen molar-refractivity contribution in [2.24, 2.45) is 0 Å². The Morgan fingerprint density at radius 2 is 2.29 bits per heavy atom. The molecule has 1 aliphatic heterocycles. The first-order chi connectivity index (χ1) is 11.7. The van der Waals surface area contributed by atoms with Crippen molar-refractivity contribution in [1.29, 1.82) is 0 Å². The van der Waals surface area contributed by atoms with Gasteiger partial charge < -0.3 is 9.64 Å². The van der Waals surface area contributed by atoms with Gasteiger partial charge in [0, 0.05) is 43.2 Å². The number of ether oxygens (including phenoxy) is 1. The molecule has 1 aliphatic rings. The zero-order valence-corrected chi connectivity index (χ0v) is 15.3. The van der Waals surface area contributed by atoms with Crippen LogP contribution in [0.25, 0.3) is 0 Å². The summed E-state index contributed by atoms with van der Waals surface area (Å²) in [5.41, 5.74) is 2.09. The Labute approximate surface area is 150 Å². The largest absolute Gasteiger partial charge is 0.376 e. The van der Waals surface area contributed by atoms with E-state index >= 15 is 0 Å². The van der Waals surface area contributed by atoms with Crippen LogP contribution in [-0.2, 0) is 16.1 Å². The van der Waals surface area contributed by atoms with E-state index < -0.39 is 0 Å². The highest BCUT2D eigenvalue weighted by molar-refractivity contribution is 8.01. The lowest BCUT2D eigenvalue weighted by atomic mass is 10.2. The van der Waals surface area contributed by atoms with Crippen molar-refractivity contribution in [3.63, 3.8) is 0 Å². The van der Waals surface area contributed by atoms with E-state index in [9.17, 15) is 4.79 Å². The Balaban J connectivity index is 1.61. The average Bonchev–Trinajstić information content (AvgIpc) is 3.24. The third kappa shape index (κ3) is 5.03. The summed E-state index contributed by atoms with van der Waals surface area (Å²) in [4.78, 5) is 23.1. The predicted molar refractivity (Wildman–Crippen MR) is 96.2 cm³/mol. The number of hydrogen-bond acceptors (Lipinski definition) is 6. The Hall–Kier alpha value is -1.44. The van der Waals surface area contributed by atoms with E-state index in [1.165, 1.54) is 11.8 Å². The molecule has 2 aromatic heterocycles. The number of nitrogens with zero attached hydrogens (tertiary/aromatic N) is 3. The second-order valence-electron chi connectivity index (χ2n) is 5.81. The summed E-state index contributed by atoms with van der Waals surface area (Å²) in [6, 6.07) is 3.90. The van der Waals surface area contributed by atoms with Crippen LogP contribution in [0, 0.1) is 6.92 Å². The molecule has 0 saturated carbocycles. The molecule has 1 fully saturated rings. The number of rotatable bonds is 7. The van der Waals surface area contributed by atoms with Crippen LogP contribution in [0.2, 0.25) is 0 Å². The molecule has 1 saturated heterocycles. The maximum absolute atomic E-state index is 12.7. The molecule has 0 N–H and O–H groups in total. The summed E-state index contributed by atoms with van der Waals surface area (Å²) in [5, 5.41) is 2.01. The topological polar surface area (TPSA) is 55.3 Å². The molecule has 5 nitrogen and oxygen atoms in total. The quantitative estimate of drug-likeness (QED) is 0.708. The molecule has 0 aromatic carbocycles. The lowest BCUT2D eigenvalue weighted by Gasteiger charge is -2.25. The smallest absolute Gasteiger partial charge is 0.233 e. The molecule has 3 rings (SSSR count). The number of thioether (sulfide) groups is 1. The van der Waals surface area contributed by atoms with Crippen LogP contribution in [0.1, 0.15) is 24.1 Å². The molecule has 0 radical (unpaired) electrons. The Bertz CT molecular complexity index is 657. The number of hydrogen-bond donors (Lipinski definition) is 0. The van der Waals surface area contributed by atoms with Crippen molar-refractivity contribution in [2.45, 2.75) is 36.8 Å². The van der Waals surface area contributed by atoms with Crippen LogP contribution < -0.4 is 0 Å². The van der Waals surface area contributed by atoms with Gasteiger partial charge in [-0.05, 0) is 37.5 Å². The van der Waals surface area contributed by atoms with Gasteiger partial charge in [0.15, 0.2) is 4.34 Å². The minimum atomic E-state index is 0.125.